The summed E-state index contributed by atoms with van der Waals surface area (Å²) in [5, 5.41) is 14.4. The molecule has 0 bridgehead atoms. The molecular formula is C12H18ClNOS. The summed E-state index contributed by atoms with van der Waals surface area (Å²) < 4.78 is 0. The molecule has 90 valence electrons. The lowest BCUT2D eigenvalue weighted by Crippen LogP contribution is -2.27. The average Bonchev–Trinajstić information content (AvgIpc) is 2.29. The summed E-state index contributed by atoms with van der Waals surface area (Å²) in [6.45, 7) is 3.64. The summed E-state index contributed by atoms with van der Waals surface area (Å²) in [4.78, 5) is 0. The lowest BCUT2D eigenvalue weighted by Gasteiger charge is -2.14. The van der Waals surface area contributed by atoms with E-state index in [1.165, 1.54) is 0 Å². The molecule has 2 atom stereocenters. The Hall–Kier alpha value is -0.220. The van der Waals surface area contributed by atoms with E-state index in [0.29, 0.717) is 16.8 Å². The van der Waals surface area contributed by atoms with Crippen LogP contribution in [0.3, 0.4) is 0 Å². The number of aliphatic hydroxyl groups excluding tert-OH is 1. The maximum Gasteiger partial charge on any atom is 0.0914 e. The van der Waals surface area contributed by atoms with Crippen molar-refractivity contribution in [3.05, 3.63) is 34.9 Å². The molecule has 4 heteroatoms. The molecule has 0 spiro atoms. The minimum atomic E-state index is -0.466. The molecule has 16 heavy (non-hydrogen) atoms. The third-order valence-corrected chi connectivity index (χ3v) is 3.65. The lowest BCUT2D eigenvalue weighted by molar-refractivity contribution is 0.175. The standard InChI is InChI=1S/C12H18ClNOS/c1-9(16-2)7-14-8-12(15)10-3-5-11(13)6-4-10/h3-6,9,12,14-15H,7-8H2,1-2H3. The zero-order valence-electron chi connectivity index (χ0n) is 9.61. The Balaban J connectivity index is 2.35. The van der Waals surface area contributed by atoms with E-state index < -0.39 is 6.10 Å². The molecule has 0 saturated heterocycles. The molecule has 0 aliphatic carbocycles. The van der Waals surface area contributed by atoms with Crippen molar-refractivity contribution < 1.29 is 5.11 Å². The molecule has 0 radical (unpaired) electrons. The van der Waals surface area contributed by atoms with Gasteiger partial charge in [0.15, 0.2) is 0 Å². The van der Waals surface area contributed by atoms with Gasteiger partial charge in [-0.3, -0.25) is 0 Å². The maximum atomic E-state index is 9.88. The Morgan fingerprint density at radius 3 is 2.50 bits per heavy atom. The number of benzene rings is 1. The molecular weight excluding hydrogens is 242 g/mol. The molecule has 0 amide bonds. The van der Waals surface area contributed by atoms with E-state index in [4.69, 9.17) is 11.6 Å². The number of rotatable bonds is 6. The van der Waals surface area contributed by atoms with Gasteiger partial charge in [0.1, 0.15) is 0 Å². The third-order valence-electron chi connectivity index (χ3n) is 2.43. The summed E-state index contributed by atoms with van der Waals surface area (Å²) in [5.41, 5.74) is 0.897. The third kappa shape index (κ3) is 4.74. The minimum absolute atomic E-state index is 0.466. The quantitative estimate of drug-likeness (QED) is 0.824. The van der Waals surface area contributed by atoms with Crippen molar-refractivity contribution in [3.63, 3.8) is 0 Å². The van der Waals surface area contributed by atoms with E-state index in [1.807, 2.05) is 23.9 Å². The summed E-state index contributed by atoms with van der Waals surface area (Å²) >= 11 is 7.59. The SMILES string of the molecule is CSC(C)CNCC(O)c1ccc(Cl)cc1. The summed E-state index contributed by atoms with van der Waals surface area (Å²) in [7, 11) is 0. The van der Waals surface area contributed by atoms with E-state index in [0.717, 1.165) is 12.1 Å². The van der Waals surface area contributed by atoms with Crippen molar-refractivity contribution in [1.82, 2.24) is 5.32 Å². The van der Waals surface area contributed by atoms with Crippen LogP contribution < -0.4 is 5.32 Å². The molecule has 0 fully saturated rings. The highest BCUT2D eigenvalue weighted by Gasteiger charge is 2.07. The topological polar surface area (TPSA) is 32.3 Å². The van der Waals surface area contributed by atoms with Crippen LogP contribution in [0.15, 0.2) is 24.3 Å². The van der Waals surface area contributed by atoms with Crippen LogP contribution in [0, 0.1) is 0 Å². The number of hydrogen-bond acceptors (Lipinski definition) is 3. The predicted molar refractivity (Wildman–Crippen MR) is 72.3 cm³/mol. The number of halogens is 1. The second-order valence-corrected chi connectivity index (χ2v) is 5.48. The normalized spacial score (nSPS) is 14.8. The molecule has 1 rings (SSSR count). The van der Waals surface area contributed by atoms with Gasteiger partial charge in [0, 0.05) is 23.4 Å². The van der Waals surface area contributed by atoms with Crippen LogP contribution >= 0.6 is 23.4 Å². The number of nitrogens with one attached hydrogen (secondary N) is 1. The predicted octanol–water partition coefficient (Wildman–Crippen LogP) is 2.71. The Morgan fingerprint density at radius 1 is 1.31 bits per heavy atom. The van der Waals surface area contributed by atoms with Gasteiger partial charge in [-0.2, -0.15) is 11.8 Å². The monoisotopic (exact) mass is 259 g/mol. The molecule has 1 aromatic rings. The van der Waals surface area contributed by atoms with Crippen molar-refractivity contribution >= 4 is 23.4 Å². The van der Waals surface area contributed by atoms with Crippen LogP contribution in [0.25, 0.3) is 0 Å². The Labute approximate surface area is 106 Å². The number of thioether (sulfide) groups is 1. The fourth-order valence-electron chi connectivity index (χ4n) is 1.31. The number of hydrogen-bond donors (Lipinski definition) is 2. The van der Waals surface area contributed by atoms with Gasteiger partial charge < -0.3 is 10.4 Å². The van der Waals surface area contributed by atoms with Crippen molar-refractivity contribution in [2.24, 2.45) is 0 Å². The van der Waals surface area contributed by atoms with E-state index in [1.54, 1.807) is 12.1 Å². The van der Waals surface area contributed by atoms with Crippen LogP contribution in [-0.4, -0.2) is 29.7 Å². The first-order valence-electron chi connectivity index (χ1n) is 5.30. The molecule has 0 aromatic heterocycles. The first-order valence-corrected chi connectivity index (χ1v) is 6.97. The van der Waals surface area contributed by atoms with Crippen molar-refractivity contribution in [2.75, 3.05) is 19.3 Å². The molecule has 1 aromatic carbocycles. The summed E-state index contributed by atoms with van der Waals surface area (Å²) in [5.74, 6) is 0. The first-order chi connectivity index (χ1) is 7.63. The molecule has 0 heterocycles. The fourth-order valence-corrected chi connectivity index (χ4v) is 1.72. The molecule has 0 saturated carbocycles. The van der Waals surface area contributed by atoms with Crippen molar-refractivity contribution in [3.8, 4) is 0 Å². The molecule has 2 unspecified atom stereocenters. The highest BCUT2D eigenvalue weighted by Crippen LogP contribution is 2.15. The van der Waals surface area contributed by atoms with Gasteiger partial charge in [-0.1, -0.05) is 30.7 Å². The van der Waals surface area contributed by atoms with E-state index in [2.05, 4.69) is 18.5 Å². The Bertz CT molecular complexity index is 304. The largest absolute Gasteiger partial charge is 0.387 e. The lowest BCUT2D eigenvalue weighted by atomic mass is 10.1. The first kappa shape index (κ1) is 13.8. The highest BCUT2D eigenvalue weighted by molar-refractivity contribution is 7.99. The van der Waals surface area contributed by atoms with Crippen molar-refractivity contribution in [1.29, 1.82) is 0 Å². The van der Waals surface area contributed by atoms with Gasteiger partial charge >= 0.3 is 0 Å². The molecule has 2 N–H and O–H groups in total. The molecule has 0 aliphatic rings. The Morgan fingerprint density at radius 2 is 1.94 bits per heavy atom. The fraction of sp³-hybridized carbons (Fsp3) is 0.500. The van der Waals surface area contributed by atoms with Crippen LogP contribution in [0.5, 0.6) is 0 Å². The zero-order valence-corrected chi connectivity index (χ0v) is 11.2. The smallest absolute Gasteiger partial charge is 0.0914 e. The molecule has 0 aliphatic heterocycles. The van der Waals surface area contributed by atoms with Crippen LogP contribution in [0.2, 0.25) is 5.02 Å². The van der Waals surface area contributed by atoms with Crippen LogP contribution in [-0.2, 0) is 0 Å². The van der Waals surface area contributed by atoms with Crippen LogP contribution in [0.1, 0.15) is 18.6 Å². The van der Waals surface area contributed by atoms with Gasteiger partial charge in [-0.05, 0) is 24.0 Å². The van der Waals surface area contributed by atoms with E-state index in [-0.39, 0.29) is 0 Å². The summed E-state index contributed by atoms with van der Waals surface area (Å²) in [6.07, 6.45) is 1.62. The maximum absolute atomic E-state index is 9.88. The number of aliphatic hydroxyl groups is 1. The summed E-state index contributed by atoms with van der Waals surface area (Å²) in [6, 6.07) is 7.30. The average molecular weight is 260 g/mol. The zero-order chi connectivity index (χ0) is 12.0. The van der Waals surface area contributed by atoms with Crippen molar-refractivity contribution in [2.45, 2.75) is 18.3 Å². The van der Waals surface area contributed by atoms with Gasteiger partial charge in [-0.25, -0.2) is 0 Å². The Kier molecular flexibility index (Phi) is 6.21. The van der Waals surface area contributed by atoms with Crippen LogP contribution in [0.4, 0.5) is 0 Å². The molecule has 2 nitrogen and oxygen atoms in total. The highest BCUT2D eigenvalue weighted by atomic mass is 35.5. The van der Waals surface area contributed by atoms with Gasteiger partial charge in [0.2, 0.25) is 0 Å². The van der Waals surface area contributed by atoms with E-state index >= 15 is 0 Å². The minimum Gasteiger partial charge on any atom is -0.387 e. The second kappa shape index (κ2) is 7.17. The van der Waals surface area contributed by atoms with Gasteiger partial charge in [-0.15, -0.1) is 0 Å². The van der Waals surface area contributed by atoms with Gasteiger partial charge in [0.05, 0.1) is 6.10 Å². The van der Waals surface area contributed by atoms with E-state index in [9.17, 15) is 5.11 Å². The second-order valence-electron chi connectivity index (χ2n) is 3.77. The van der Waals surface area contributed by atoms with Gasteiger partial charge in [0.25, 0.3) is 0 Å².